The van der Waals surface area contributed by atoms with Gasteiger partial charge in [-0.3, -0.25) is 0 Å². The second-order valence-corrected chi connectivity index (χ2v) is 4.17. The Hall–Kier alpha value is -0.490. The van der Waals surface area contributed by atoms with Crippen LogP contribution in [0.25, 0.3) is 0 Å². The lowest BCUT2D eigenvalue weighted by Gasteiger charge is -2.07. The van der Waals surface area contributed by atoms with Gasteiger partial charge in [0.25, 0.3) is 0 Å². The van der Waals surface area contributed by atoms with E-state index in [9.17, 15) is 0 Å². The highest BCUT2D eigenvalue weighted by Crippen LogP contribution is 2.36. The Morgan fingerprint density at radius 3 is 2.57 bits per heavy atom. The van der Waals surface area contributed by atoms with E-state index in [1.54, 1.807) is 0 Å². The molecule has 1 unspecified atom stereocenters. The third kappa shape index (κ3) is 2.12. The van der Waals surface area contributed by atoms with Gasteiger partial charge in [0.15, 0.2) is 0 Å². The van der Waals surface area contributed by atoms with Gasteiger partial charge in [0, 0.05) is 5.02 Å². The lowest BCUT2D eigenvalue weighted by molar-refractivity contribution is 0.747. The molecule has 1 aliphatic rings. The molecule has 0 amide bonds. The van der Waals surface area contributed by atoms with Crippen molar-refractivity contribution >= 4 is 11.6 Å². The Morgan fingerprint density at radius 1 is 1.29 bits per heavy atom. The molecule has 0 aliphatic heterocycles. The molecule has 1 atom stereocenters. The zero-order chi connectivity index (χ0) is 10.7. The highest BCUT2D eigenvalue weighted by molar-refractivity contribution is 6.30. The molecule has 0 heterocycles. The van der Waals surface area contributed by atoms with E-state index in [0.717, 1.165) is 5.02 Å². The summed E-state index contributed by atoms with van der Waals surface area (Å²) in [6.07, 6.45) is 2.52. The molecular formula is C13H19Cl. The Labute approximate surface area is 92.3 Å². The predicted octanol–water partition coefficient (Wildman–Crippen LogP) is 4.72. The first kappa shape index (κ1) is 11.6. The topological polar surface area (TPSA) is 0 Å². The van der Waals surface area contributed by atoms with Crippen LogP contribution in [0.1, 0.15) is 49.8 Å². The number of benzene rings is 1. The summed E-state index contributed by atoms with van der Waals surface area (Å²) in [6.45, 7) is 8.43. The minimum atomic E-state index is 0.706. The van der Waals surface area contributed by atoms with E-state index < -0.39 is 0 Å². The summed E-state index contributed by atoms with van der Waals surface area (Å²) in [4.78, 5) is 0. The van der Waals surface area contributed by atoms with Crippen LogP contribution in [0.15, 0.2) is 12.1 Å². The van der Waals surface area contributed by atoms with Crippen molar-refractivity contribution in [1.29, 1.82) is 0 Å². The van der Waals surface area contributed by atoms with E-state index in [4.69, 9.17) is 11.6 Å². The van der Waals surface area contributed by atoms with Crippen LogP contribution in [-0.2, 0) is 6.42 Å². The van der Waals surface area contributed by atoms with Crippen LogP contribution in [-0.4, -0.2) is 0 Å². The average molecular weight is 211 g/mol. The van der Waals surface area contributed by atoms with E-state index in [1.807, 2.05) is 13.8 Å². The van der Waals surface area contributed by atoms with Crippen LogP contribution in [0, 0.1) is 6.92 Å². The molecule has 0 nitrogen and oxygen atoms in total. The number of halogens is 1. The zero-order valence-corrected chi connectivity index (χ0v) is 10.3. The summed E-state index contributed by atoms with van der Waals surface area (Å²) in [5.41, 5.74) is 4.37. The predicted molar refractivity (Wildman–Crippen MR) is 64.3 cm³/mol. The standard InChI is InChI=1S/C11H13Cl.C2H6/c1-7-3-4-10-8(2)5-9(12)6-11(7)10;1-2/h5-7H,3-4H2,1-2H3;1-2H3. The van der Waals surface area contributed by atoms with Gasteiger partial charge in [-0.2, -0.15) is 0 Å². The van der Waals surface area contributed by atoms with Gasteiger partial charge in [-0.25, -0.2) is 0 Å². The monoisotopic (exact) mass is 210 g/mol. The molecule has 78 valence electrons. The van der Waals surface area contributed by atoms with Gasteiger partial charge >= 0.3 is 0 Å². The second-order valence-electron chi connectivity index (χ2n) is 3.73. The third-order valence-electron chi connectivity index (χ3n) is 2.83. The molecule has 1 aromatic rings. The maximum Gasteiger partial charge on any atom is 0.0411 e. The van der Waals surface area contributed by atoms with Gasteiger partial charge in [-0.1, -0.05) is 32.4 Å². The summed E-state index contributed by atoms with van der Waals surface area (Å²) >= 11 is 5.99. The van der Waals surface area contributed by atoms with E-state index in [0.29, 0.717) is 5.92 Å². The van der Waals surface area contributed by atoms with E-state index >= 15 is 0 Å². The lowest BCUT2D eigenvalue weighted by atomic mass is 10.0. The molecule has 1 aliphatic carbocycles. The first-order valence-electron chi connectivity index (χ1n) is 5.47. The van der Waals surface area contributed by atoms with E-state index in [-0.39, 0.29) is 0 Å². The van der Waals surface area contributed by atoms with Crippen molar-refractivity contribution in [1.82, 2.24) is 0 Å². The third-order valence-corrected chi connectivity index (χ3v) is 3.05. The zero-order valence-electron chi connectivity index (χ0n) is 9.52. The van der Waals surface area contributed by atoms with Crippen molar-refractivity contribution in [3.8, 4) is 0 Å². The van der Waals surface area contributed by atoms with Crippen LogP contribution in [0.3, 0.4) is 0 Å². The highest BCUT2D eigenvalue weighted by Gasteiger charge is 2.20. The number of fused-ring (bicyclic) bond motifs is 1. The number of rotatable bonds is 0. The largest absolute Gasteiger partial charge is 0.0843 e. The molecule has 1 heteroatoms. The maximum atomic E-state index is 5.99. The van der Waals surface area contributed by atoms with Gasteiger partial charge in [0.2, 0.25) is 0 Å². The molecule has 0 radical (unpaired) electrons. The fourth-order valence-corrected chi connectivity index (χ4v) is 2.38. The van der Waals surface area contributed by atoms with Gasteiger partial charge in [-0.05, 0) is 54.5 Å². The SMILES string of the molecule is CC.Cc1cc(Cl)cc2c1CCC2C. The van der Waals surface area contributed by atoms with Gasteiger partial charge in [0.05, 0.1) is 0 Å². The first-order valence-corrected chi connectivity index (χ1v) is 5.85. The van der Waals surface area contributed by atoms with Gasteiger partial charge in [0.1, 0.15) is 0 Å². The summed E-state index contributed by atoms with van der Waals surface area (Å²) in [5.74, 6) is 0.706. The molecule has 1 aromatic carbocycles. The van der Waals surface area contributed by atoms with E-state index in [1.165, 1.54) is 29.5 Å². The van der Waals surface area contributed by atoms with Crippen molar-refractivity contribution in [2.45, 2.75) is 46.5 Å². The molecule has 14 heavy (non-hydrogen) atoms. The quantitative estimate of drug-likeness (QED) is 0.581. The Morgan fingerprint density at radius 2 is 1.93 bits per heavy atom. The first-order chi connectivity index (χ1) is 6.68. The number of aryl methyl sites for hydroxylation is 1. The minimum Gasteiger partial charge on any atom is -0.0843 e. The molecule has 0 N–H and O–H groups in total. The molecule has 0 aromatic heterocycles. The summed E-state index contributed by atoms with van der Waals surface area (Å²) in [5, 5.41) is 0.889. The Kier molecular flexibility index (Phi) is 4.00. The summed E-state index contributed by atoms with van der Waals surface area (Å²) < 4.78 is 0. The molecule has 0 saturated heterocycles. The number of hydrogen-bond donors (Lipinski definition) is 0. The van der Waals surface area contributed by atoms with Crippen molar-refractivity contribution < 1.29 is 0 Å². The molecule has 0 fully saturated rings. The minimum absolute atomic E-state index is 0.706. The van der Waals surface area contributed by atoms with Crippen LogP contribution in [0.4, 0.5) is 0 Å². The van der Waals surface area contributed by atoms with Crippen LogP contribution in [0.5, 0.6) is 0 Å². The average Bonchev–Trinajstić information content (AvgIpc) is 2.52. The summed E-state index contributed by atoms with van der Waals surface area (Å²) in [6, 6.07) is 4.19. The number of hydrogen-bond acceptors (Lipinski definition) is 0. The highest BCUT2D eigenvalue weighted by atomic mass is 35.5. The van der Waals surface area contributed by atoms with Crippen LogP contribution < -0.4 is 0 Å². The van der Waals surface area contributed by atoms with Crippen molar-refractivity contribution in [2.24, 2.45) is 0 Å². The molecule has 2 rings (SSSR count). The van der Waals surface area contributed by atoms with Crippen molar-refractivity contribution in [3.63, 3.8) is 0 Å². The van der Waals surface area contributed by atoms with Gasteiger partial charge in [-0.15, -0.1) is 0 Å². The Bertz CT molecular complexity index is 315. The molecule has 0 spiro atoms. The van der Waals surface area contributed by atoms with Gasteiger partial charge < -0.3 is 0 Å². The second kappa shape index (κ2) is 4.84. The van der Waals surface area contributed by atoms with Crippen molar-refractivity contribution in [3.05, 3.63) is 33.8 Å². The maximum absolute atomic E-state index is 5.99. The molecule has 0 saturated carbocycles. The smallest absolute Gasteiger partial charge is 0.0411 e. The van der Waals surface area contributed by atoms with Crippen LogP contribution >= 0.6 is 11.6 Å². The fourth-order valence-electron chi connectivity index (χ4n) is 2.10. The Balaban J connectivity index is 0.000000461. The lowest BCUT2D eigenvalue weighted by Crippen LogP contribution is -1.89. The molecular weight excluding hydrogens is 192 g/mol. The fraction of sp³-hybridized carbons (Fsp3) is 0.538. The summed E-state index contributed by atoms with van der Waals surface area (Å²) in [7, 11) is 0. The van der Waals surface area contributed by atoms with E-state index in [2.05, 4.69) is 26.0 Å². The van der Waals surface area contributed by atoms with Crippen molar-refractivity contribution in [2.75, 3.05) is 0 Å². The van der Waals surface area contributed by atoms with Crippen LogP contribution in [0.2, 0.25) is 5.02 Å². The normalized spacial score (nSPS) is 18.5. The molecule has 0 bridgehead atoms.